The number of hydrogen-bond acceptors (Lipinski definition) is 3. The Kier molecular flexibility index (Phi) is 5.72. The summed E-state index contributed by atoms with van der Waals surface area (Å²) in [4.78, 5) is 12.3. The molecule has 3 heteroatoms. The summed E-state index contributed by atoms with van der Waals surface area (Å²) < 4.78 is 4.61. The van der Waals surface area contributed by atoms with Crippen molar-refractivity contribution in [2.75, 3.05) is 12.9 Å². The van der Waals surface area contributed by atoms with Crippen molar-refractivity contribution >= 4 is 17.7 Å². The van der Waals surface area contributed by atoms with E-state index in [2.05, 4.69) is 16.9 Å². The lowest BCUT2D eigenvalue weighted by molar-refractivity contribution is -0.136. The number of carbonyl (C=O) groups excluding carboxylic acids is 1. The Bertz CT molecular complexity index is 357. The van der Waals surface area contributed by atoms with Crippen LogP contribution in [0.2, 0.25) is 0 Å². The molecule has 0 spiro atoms. The van der Waals surface area contributed by atoms with Gasteiger partial charge in [0.05, 0.1) is 7.11 Å². The summed E-state index contributed by atoms with van der Waals surface area (Å²) >= 11 is 1.79. The SMILES string of the molecule is COC(=O)/C(C)=C/CCSc1ccccc1. The number of thioether (sulfide) groups is 1. The fourth-order valence-corrected chi connectivity index (χ4v) is 2.03. The molecule has 0 unspecified atom stereocenters. The number of ether oxygens (including phenoxy) is 1. The summed E-state index contributed by atoms with van der Waals surface area (Å²) in [6.07, 6.45) is 2.79. The van der Waals surface area contributed by atoms with Crippen molar-refractivity contribution in [2.24, 2.45) is 0 Å². The predicted octanol–water partition coefficient (Wildman–Crippen LogP) is 3.29. The maximum atomic E-state index is 11.1. The molecule has 0 heterocycles. The van der Waals surface area contributed by atoms with E-state index < -0.39 is 0 Å². The molecule has 0 N–H and O–H groups in total. The summed E-state index contributed by atoms with van der Waals surface area (Å²) in [5, 5.41) is 0. The second kappa shape index (κ2) is 7.12. The Labute approximate surface area is 101 Å². The summed E-state index contributed by atoms with van der Waals surface area (Å²) in [6.45, 7) is 1.78. The molecule has 0 saturated heterocycles. The highest BCUT2D eigenvalue weighted by molar-refractivity contribution is 7.99. The topological polar surface area (TPSA) is 26.3 Å². The minimum atomic E-state index is -0.246. The molecular weight excluding hydrogens is 220 g/mol. The van der Waals surface area contributed by atoms with Crippen LogP contribution < -0.4 is 0 Å². The molecule has 2 nitrogen and oxygen atoms in total. The van der Waals surface area contributed by atoms with Gasteiger partial charge in [-0.25, -0.2) is 4.79 Å². The van der Waals surface area contributed by atoms with E-state index in [1.165, 1.54) is 12.0 Å². The summed E-state index contributed by atoms with van der Waals surface area (Å²) in [5.74, 6) is 0.725. The Hall–Kier alpha value is -1.22. The van der Waals surface area contributed by atoms with Crippen LogP contribution in [0.4, 0.5) is 0 Å². The Balaban J connectivity index is 2.29. The molecule has 1 aromatic carbocycles. The van der Waals surface area contributed by atoms with Gasteiger partial charge in [0.1, 0.15) is 0 Å². The molecule has 0 amide bonds. The van der Waals surface area contributed by atoms with Crippen LogP contribution in [0.25, 0.3) is 0 Å². The van der Waals surface area contributed by atoms with Crippen molar-refractivity contribution in [3.63, 3.8) is 0 Å². The maximum Gasteiger partial charge on any atom is 0.333 e. The first-order chi connectivity index (χ1) is 7.74. The van der Waals surface area contributed by atoms with Gasteiger partial charge in [0.25, 0.3) is 0 Å². The van der Waals surface area contributed by atoms with Crippen LogP contribution in [0.1, 0.15) is 13.3 Å². The van der Waals surface area contributed by atoms with E-state index in [1.54, 1.807) is 18.7 Å². The molecule has 0 aliphatic rings. The predicted molar refractivity (Wildman–Crippen MR) is 67.6 cm³/mol. The van der Waals surface area contributed by atoms with E-state index in [0.29, 0.717) is 5.57 Å². The third kappa shape index (κ3) is 4.53. The molecule has 0 radical (unpaired) electrons. The Morgan fingerprint density at radius 1 is 1.38 bits per heavy atom. The van der Waals surface area contributed by atoms with Gasteiger partial charge in [-0.3, -0.25) is 0 Å². The average molecular weight is 236 g/mol. The van der Waals surface area contributed by atoms with Gasteiger partial charge >= 0.3 is 5.97 Å². The molecule has 1 rings (SSSR count). The molecule has 0 fully saturated rings. The van der Waals surface area contributed by atoms with E-state index >= 15 is 0 Å². The van der Waals surface area contributed by atoms with Gasteiger partial charge < -0.3 is 4.74 Å². The summed E-state index contributed by atoms with van der Waals surface area (Å²) in [6, 6.07) is 10.2. The van der Waals surface area contributed by atoms with Gasteiger partial charge in [0.2, 0.25) is 0 Å². The van der Waals surface area contributed by atoms with Crippen LogP contribution in [0.3, 0.4) is 0 Å². The third-order valence-electron chi connectivity index (χ3n) is 2.09. The number of allylic oxidation sites excluding steroid dienone is 1. The standard InChI is InChI=1S/C13H16O2S/c1-11(13(14)15-2)7-6-10-16-12-8-4-3-5-9-12/h3-5,7-9H,6,10H2,1-2H3/b11-7+. The van der Waals surface area contributed by atoms with Gasteiger partial charge in [0.15, 0.2) is 0 Å². The highest BCUT2D eigenvalue weighted by atomic mass is 32.2. The lowest BCUT2D eigenvalue weighted by Crippen LogP contribution is -2.01. The monoisotopic (exact) mass is 236 g/mol. The van der Waals surface area contributed by atoms with Crippen LogP contribution in [-0.2, 0) is 9.53 Å². The molecule has 0 saturated carbocycles. The molecule has 86 valence electrons. The zero-order chi connectivity index (χ0) is 11.8. The van der Waals surface area contributed by atoms with E-state index in [1.807, 2.05) is 24.3 Å². The first-order valence-corrected chi connectivity index (χ1v) is 6.15. The molecule has 0 aromatic heterocycles. The van der Waals surface area contributed by atoms with Crippen molar-refractivity contribution in [1.29, 1.82) is 0 Å². The molecule has 0 bridgehead atoms. The number of esters is 1. The van der Waals surface area contributed by atoms with Crippen molar-refractivity contribution in [3.8, 4) is 0 Å². The van der Waals surface area contributed by atoms with Crippen LogP contribution in [0.15, 0.2) is 46.9 Å². The van der Waals surface area contributed by atoms with Crippen LogP contribution >= 0.6 is 11.8 Å². The van der Waals surface area contributed by atoms with E-state index in [0.717, 1.165) is 12.2 Å². The van der Waals surface area contributed by atoms with Gasteiger partial charge in [-0.2, -0.15) is 0 Å². The largest absolute Gasteiger partial charge is 0.466 e. The highest BCUT2D eigenvalue weighted by Gasteiger charge is 2.01. The zero-order valence-corrected chi connectivity index (χ0v) is 10.4. The first-order valence-electron chi connectivity index (χ1n) is 5.17. The van der Waals surface area contributed by atoms with E-state index in [-0.39, 0.29) is 5.97 Å². The van der Waals surface area contributed by atoms with Crippen molar-refractivity contribution < 1.29 is 9.53 Å². The number of carbonyl (C=O) groups is 1. The van der Waals surface area contributed by atoms with Crippen LogP contribution in [0, 0.1) is 0 Å². The van der Waals surface area contributed by atoms with Gasteiger partial charge in [-0.15, -0.1) is 11.8 Å². The fourth-order valence-electron chi connectivity index (χ4n) is 1.21. The van der Waals surface area contributed by atoms with Crippen molar-refractivity contribution in [1.82, 2.24) is 0 Å². The second-order valence-corrected chi connectivity index (χ2v) is 4.50. The Morgan fingerprint density at radius 2 is 2.06 bits per heavy atom. The minimum Gasteiger partial charge on any atom is -0.466 e. The molecule has 0 aliphatic heterocycles. The van der Waals surface area contributed by atoms with Gasteiger partial charge in [-0.1, -0.05) is 24.3 Å². The quantitative estimate of drug-likeness (QED) is 0.339. The summed E-state index contributed by atoms with van der Waals surface area (Å²) in [5.41, 5.74) is 0.677. The Morgan fingerprint density at radius 3 is 2.69 bits per heavy atom. The lowest BCUT2D eigenvalue weighted by Gasteiger charge is -2.00. The fraction of sp³-hybridized carbons (Fsp3) is 0.308. The van der Waals surface area contributed by atoms with Gasteiger partial charge in [-0.05, 0) is 25.5 Å². The smallest absolute Gasteiger partial charge is 0.333 e. The minimum absolute atomic E-state index is 0.246. The number of hydrogen-bond donors (Lipinski definition) is 0. The zero-order valence-electron chi connectivity index (χ0n) is 9.60. The molecule has 0 atom stereocenters. The molecule has 0 aliphatic carbocycles. The molecular formula is C13H16O2S. The first kappa shape index (κ1) is 12.8. The van der Waals surface area contributed by atoms with Crippen molar-refractivity contribution in [3.05, 3.63) is 42.0 Å². The maximum absolute atomic E-state index is 11.1. The van der Waals surface area contributed by atoms with E-state index in [9.17, 15) is 4.79 Å². The van der Waals surface area contributed by atoms with E-state index in [4.69, 9.17) is 0 Å². The molecule has 1 aromatic rings. The number of rotatable bonds is 5. The molecule has 16 heavy (non-hydrogen) atoms. The van der Waals surface area contributed by atoms with Gasteiger partial charge in [0, 0.05) is 16.2 Å². The van der Waals surface area contributed by atoms with Crippen molar-refractivity contribution in [2.45, 2.75) is 18.2 Å². The average Bonchev–Trinajstić information content (AvgIpc) is 2.34. The van der Waals surface area contributed by atoms with Crippen LogP contribution in [-0.4, -0.2) is 18.8 Å². The van der Waals surface area contributed by atoms with Crippen LogP contribution in [0.5, 0.6) is 0 Å². The highest BCUT2D eigenvalue weighted by Crippen LogP contribution is 2.18. The number of benzene rings is 1. The number of methoxy groups -OCH3 is 1. The summed E-state index contributed by atoms with van der Waals surface area (Å²) in [7, 11) is 1.40. The second-order valence-electron chi connectivity index (χ2n) is 3.33. The third-order valence-corrected chi connectivity index (χ3v) is 3.13. The normalized spacial score (nSPS) is 11.2. The lowest BCUT2D eigenvalue weighted by atomic mass is 10.2.